The third kappa shape index (κ3) is 1.15. The summed E-state index contributed by atoms with van der Waals surface area (Å²) in [7, 11) is 1.81. The number of aromatic amines is 1. The van der Waals surface area contributed by atoms with Crippen molar-refractivity contribution in [2.75, 3.05) is 0 Å². The average molecular weight is 177 g/mol. The Labute approximate surface area is 75.0 Å². The minimum Gasteiger partial charge on any atom is -0.326 e. The van der Waals surface area contributed by atoms with Gasteiger partial charge in [-0.25, -0.2) is 0 Å². The van der Waals surface area contributed by atoms with E-state index in [1.807, 2.05) is 19.2 Å². The molecule has 1 heterocycles. The summed E-state index contributed by atoms with van der Waals surface area (Å²) in [6.45, 7) is 0.495. The van der Waals surface area contributed by atoms with Crippen LogP contribution < -0.4 is 11.3 Å². The van der Waals surface area contributed by atoms with E-state index >= 15 is 0 Å². The van der Waals surface area contributed by atoms with E-state index in [1.165, 1.54) is 0 Å². The average Bonchev–Trinajstić information content (AvgIpc) is 2.42. The molecule has 0 spiro atoms. The minimum absolute atomic E-state index is 0.0546. The van der Waals surface area contributed by atoms with Crippen LogP contribution in [0.5, 0.6) is 0 Å². The molecule has 0 bridgehead atoms. The highest BCUT2D eigenvalue weighted by Crippen LogP contribution is 2.10. The van der Waals surface area contributed by atoms with E-state index in [-0.39, 0.29) is 5.56 Å². The smallest absolute Gasteiger partial charge is 0.271 e. The summed E-state index contributed by atoms with van der Waals surface area (Å²) >= 11 is 0. The number of benzene rings is 1. The van der Waals surface area contributed by atoms with Gasteiger partial charge in [-0.15, -0.1) is 0 Å². The van der Waals surface area contributed by atoms with Crippen molar-refractivity contribution in [3.63, 3.8) is 0 Å². The van der Waals surface area contributed by atoms with E-state index in [9.17, 15) is 4.79 Å². The van der Waals surface area contributed by atoms with Gasteiger partial charge in [-0.2, -0.15) is 0 Å². The molecule has 0 aliphatic heterocycles. The zero-order valence-electron chi connectivity index (χ0n) is 7.37. The number of fused-ring (bicyclic) bond motifs is 1. The molecule has 0 aliphatic carbocycles. The normalized spacial score (nSPS) is 10.9. The lowest BCUT2D eigenvalue weighted by Crippen LogP contribution is -2.01. The zero-order valence-corrected chi connectivity index (χ0v) is 7.37. The molecule has 68 valence electrons. The maximum Gasteiger partial charge on any atom is 0.271 e. The molecule has 0 radical (unpaired) electrons. The number of hydrogen-bond acceptors (Lipinski definition) is 2. The van der Waals surface area contributed by atoms with E-state index in [0.717, 1.165) is 11.1 Å². The first-order chi connectivity index (χ1) is 6.22. The molecular formula is C9H11N3O. The summed E-state index contributed by atoms with van der Waals surface area (Å²) < 4.78 is 1.71. The maximum atomic E-state index is 11.3. The van der Waals surface area contributed by atoms with Crippen molar-refractivity contribution in [1.29, 1.82) is 0 Å². The van der Waals surface area contributed by atoms with Gasteiger partial charge in [0.05, 0.1) is 10.9 Å². The lowest BCUT2D eigenvalue weighted by molar-refractivity contribution is 0.783. The molecule has 0 fully saturated rings. The van der Waals surface area contributed by atoms with Gasteiger partial charge in [0.2, 0.25) is 0 Å². The second-order valence-corrected chi connectivity index (χ2v) is 3.06. The topological polar surface area (TPSA) is 63.8 Å². The number of nitrogens with zero attached hydrogens (tertiary/aromatic N) is 1. The molecule has 4 heteroatoms. The van der Waals surface area contributed by atoms with E-state index < -0.39 is 0 Å². The molecular weight excluding hydrogens is 166 g/mol. The van der Waals surface area contributed by atoms with E-state index in [4.69, 9.17) is 5.73 Å². The predicted molar refractivity (Wildman–Crippen MR) is 51.4 cm³/mol. The van der Waals surface area contributed by atoms with Crippen LogP contribution in [0.4, 0.5) is 0 Å². The molecule has 0 saturated heterocycles. The van der Waals surface area contributed by atoms with Crippen molar-refractivity contribution >= 4 is 10.9 Å². The van der Waals surface area contributed by atoms with Gasteiger partial charge < -0.3 is 5.73 Å². The van der Waals surface area contributed by atoms with E-state index in [2.05, 4.69) is 5.10 Å². The standard InChI is InChI=1S/C9H11N3O/c1-12-8-4-6(5-10)2-3-7(8)9(13)11-12/h2-4H,5,10H2,1H3,(H,11,13). The van der Waals surface area contributed by atoms with Gasteiger partial charge in [0.1, 0.15) is 0 Å². The van der Waals surface area contributed by atoms with Crippen molar-refractivity contribution in [1.82, 2.24) is 9.78 Å². The van der Waals surface area contributed by atoms with Crippen molar-refractivity contribution in [2.45, 2.75) is 6.54 Å². The Balaban J connectivity index is 2.84. The number of rotatable bonds is 1. The van der Waals surface area contributed by atoms with Crippen LogP contribution >= 0.6 is 0 Å². The van der Waals surface area contributed by atoms with Crippen LogP contribution in [0.15, 0.2) is 23.0 Å². The van der Waals surface area contributed by atoms with Crippen LogP contribution in [-0.4, -0.2) is 9.78 Å². The summed E-state index contributed by atoms with van der Waals surface area (Å²) in [5.41, 5.74) is 7.37. The lowest BCUT2D eigenvalue weighted by atomic mass is 10.2. The highest BCUT2D eigenvalue weighted by molar-refractivity contribution is 5.79. The van der Waals surface area contributed by atoms with Crippen molar-refractivity contribution in [3.8, 4) is 0 Å². The fraction of sp³-hybridized carbons (Fsp3) is 0.222. The van der Waals surface area contributed by atoms with Gasteiger partial charge in [-0.1, -0.05) is 6.07 Å². The summed E-state index contributed by atoms with van der Waals surface area (Å²) in [6.07, 6.45) is 0. The van der Waals surface area contributed by atoms with Gasteiger partial charge in [0.15, 0.2) is 0 Å². The first-order valence-electron chi connectivity index (χ1n) is 4.10. The number of aromatic nitrogens is 2. The number of H-pyrrole nitrogens is 1. The Bertz CT molecular complexity index is 495. The van der Waals surface area contributed by atoms with Crippen LogP contribution in [0.3, 0.4) is 0 Å². The van der Waals surface area contributed by atoms with Gasteiger partial charge in [0, 0.05) is 13.6 Å². The summed E-state index contributed by atoms with van der Waals surface area (Å²) in [5, 5.41) is 3.40. The monoisotopic (exact) mass is 177 g/mol. The third-order valence-electron chi connectivity index (χ3n) is 2.17. The van der Waals surface area contributed by atoms with Gasteiger partial charge >= 0.3 is 0 Å². The molecule has 3 N–H and O–H groups in total. The Kier molecular flexibility index (Phi) is 1.70. The van der Waals surface area contributed by atoms with Crippen molar-refractivity contribution in [3.05, 3.63) is 34.1 Å². The fourth-order valence-electron chi connectivity index (χ4n) is 1.45. The highest BCUT2D eigenvalue weighted by atomic mass is 16.1. The Morgan fingerprint density at radius 2 is 2.31 bits per heavy atom. The van der Waals surface area contributed by atoms with Crippen molar-refractivity contribution < 1.29 is 0 Å². The first-order valence-corrected chi connectivity index (χ1v) is 4.10. The van der Waals surface area contributed by atoms with Gasteiger partial charge in [-0.05, 0) is 17.7 Å². The molecule has 0 amide bonds. The van der Waals surface area contributed by atoms with Crippen LogP contribution in [0.1, 0.15) is 5.56 Å². The number of nitrogens with two attached hydrogens (primary N) is 1. The Hall–Kier alpha value is -1.55. The predicted octanol–water partition coefficient (Wildman–Crippen LogP) is 0.325. The second kappa shape index (κ2) is 2.74. The molecule has 0 aliphatic rings. The maximum absolute atomic E-state index is 11.3. The minimum atomic E-state index is -0.0546. The molecule has 1 aromatic carbocycles. The van der Waals surface area contributed by atoms with Gasteiger partial charge in [0.25, 0.3) is 5.56 Å². The number of hydrogen-bond donors (Lipinski definition) is 2. The summed E-state index contributed by atoms with van der Waals surface area (Å²) in [5.74, 6) is 0. The van der Waals surface area contributed by atoms with Crippen LogP contribution in [0.25, 0.3) is 10.9 Å². The first kappa shape index (κ1) is 8.07. The SMILES string of the molecule is Cn1[nH]c(=O)c2ccc(CN)cc21. The van der Waals surface area contributed by atoms with E-state index in [0.29, 0.717) is 11.9 Å². The number of aryl methyl sites for hydroxylation is 1. The quantitative estimate of drug-likeness (QED) is 0.659. The van der Waals surface area contributed by atoms with Gasteiger partial charge in [-0.3, -0.25) is 14.6 Å². The largest absolute Gasteiger partial charge is 0.326 e. The third-order valence-corrected chi connectivity index (χ3v) is 2.17. The Morgan fingerprint density at radius 3 is 3.00 bits per heavy atom. The Morgan fingerprint density at radius 1 is 1.54 bits per heavy atom. The molecule has 4 nitrogen and oxygen atoms in total. The molecule has 13 heavy (non-hydrogen) atoms. The summed E-state index contributed by atoms with van der Waals surface area (Å²) in [4.78, 5) is 11.3. The zero-order chi connectivity index (χ0) is 9.42. The highest BCUT2D eigenvalue weighted by Gasteiger charge is 2.03. The van der Waals surface area contributed by atoms with Crippen LogP contribution in [-0.2, 0) is 13.6 Å². The molecule has 2 aromatic rings. The second-order valence-electron chi connectivity index (χ2n) is 3.06. The summed E-state index contributed by atoms with van der Waals surface area (Å²) in [6, 6.07) is 5.60. The lowest BCUT2D eigenvalue weighted by Gasteiger charge is -1.97. The van der Waals surface area contributed by atoms with Crippen molar-refractivity contribution in [2.24, 2.45) is 12.8 Å². The molecule has 0 atom stereocenters. The molecule has 0 saturated carbocycles. The van der Waals surface area contributed by atoms with E-state index in [1.54, 1.807) is 10.7 Å². The fourth-order valence-corrected chi connectivity index (χ4v) is 1.45. The number of nitrogens with one attached hydrogen (secondary N) is 1. The molecule has 0 unspecified atom stereocenters. The van der Waals surface area contributed by atoms with Crippen LogP contribution in [0, 0.1) is 0 Å². The molecule has 1 aromatic heterocycles. The molecule has 2 rings (SSSR count). The van der Waals surface area contributed by atoms with Crippen LogP contribution in [0.2, 0.25) is 0 Å².